The Balaban J connectivity index is 1.19. The van der Waals surface area contributed by atoms with Crippen molar-refractivity contribution in [3.05, 3.63) is 53.5 Å². The highest BCUT2D eigenvalue weighted by Gasteiger charge is 2.40. The van der Waals surface area contributed by atoms with Crippen LogP contribution in [0.15, 0.2) is 36.7 Å². The lowest BCUT2D eigenvalue weighted by atomic mass is 10.1. The van der Waals surface area contributed by atoms with E-state index in [1.54, 1.807) is 12.4 Å². The van der Waals surface area contributed by atoms with Gasteiger partial charge in [-0.3, -0.25) is 9.88 Å². The van der Waals surface area contributed by atoms with Gasteiger partial charge in [0.05, 0.1) is 29.4 Å². The van der Waals surface area contributed by atoms with Crippen LogP contribution >= 0.6 is 0 Å². The van der Waals surface area contributed by atoms with Crippen molar-refractivity contribution in [3.63, 3.8) is 0 Å². The van der Waals surface area contributed by atoms with Crippen LogP contribution < -0.4 is 4.74 Å². The van der Waals surface area contributed by atoms with Gasteiger partial charge in [-0.15, -0.1) is 0 Å². The van der Waals surface area contributed by atoms with Crippen LogP contribution in [-0.4, -0.2) is 65.9 Å². The number of piperazine rings is 1. The number of fused-ring (bicyclic) bond motifs is 1. The Bertz CT molecular complexity index is 1110. The van der Waals surface area contributed by atoms with Crippen molar-refractivity contribution in [2.75, 3.05) is 26.2 Å². The van der Waals surface area contributed by atoms with Gasteiger partial charge in [0.1, 0.15) is 6.10 Å². The molecule has 0 bridgehead atoms. The normalized spacial score (nSPS) is 24.6. The lowest BCUT2D eigenvalue weighted by Crippen LogP contribution is -2.52. The average molecular weight is 483 g/mol. The molecule has 0 amide bonds. The molecule has 1 saturated carbocycles. The van der Waals surface area contributed by atoms with Crippen LogP contribution in [0.3, 0.4) is 0 Å². The van der Waals surface area contributed by atoms with Crippen molar-refractivity contribution in [1.82, 2.24) is 19.2 Å². The van der Waals surface area contributed by atoms with E-state index >= 15 is 0 Å². The monoisotopic (exact) mass is 482 g/mol. The molecule has 2 aromatic rings. The largest absolute Gasteiger partial charge is 0.472 e. The zero-order valence-electron chi connectivity index (χ0n) is 17.9. The minimum absolute atomic E-state index is 0.00118. The van der Waals surface area contributed by atoms with E-state index in [2.05, 4.69) is 14.9 Å². The molecule has 3 fully saturated rings. The summed E-state index contributed by atoms with van der Waals surface area (Å²) in [5, 5.41) is 0. The summed E-state index contributed by atoms with van der Waals surface area (Å²) in [6.07, 6.45) is 1.76. The number of hydrogen-bond donors (Lipinski definition) is 0. The third kappa shape index (κ3) is 5.15. The number of sulfonamides is 1. The molecule has 178 valence electrons. The second kappa shape index (κ2) is 8.52. The van der Waals surface area contributed by atoms with E-state index in [9.17, 15) is 21.6 Å². The van der Waals surface area contributed by atoms with Gasteiger partial charge >= 0.3 is 6.18 Å². The van der Waals surface area contributed by atoms with Crippen LogP contribution in [0.2, 0.25) is 0 Å². The Morgan fingerprint density at radius 2 is 1.91 bits per heavy atom. The van der Waals surface area contributed by atoms with Crippen molar-refractivity contribution in [2.24, 2.45) is 0 Å². The number of alkyl halides is 3. The molecule has 1 aromatic carbocycles. The van der Waals surface area contributed by atoms with Crippen LogP contribution in [0.4, 0.5) is 13.2 Å². The van der Waals surface area contributed by atoms with Crippen LogP contribution in [0, 0.1) is 0 Å². The Morgan fingerprint density at radius 3 is 2.61 bits per heavy atom. The topological polar surface area (TPSA) is 75.6 Å². The van der Waals surface area contributed by atoms with Gasteiger partial charge in [0.25, 0.3) is 0 Å². The minimum Gasteiger partial charge on any atom is -0.472 e. The molecule has 0 unspecified atom stereocenters. The molecule has 2 atom stereocenters. The molecule has 1 aliphatic carbocycles. The first-order chi connectivity index (χ1) is 15.7. The second-order valence-electron chi connectivity index (χ2n) is 8.99. The van der Waals surface area contributed by atoms with Gasteiger partial charge in [-0.05, 0) is 24.5 Å². The smallest absolute Gasteiger partial charge is 0.416 e. The fourth-order valence-corrected chi connectivity index (χ4v) is 6.14. The van der Waals surface area contributed by atoms with E-state index in [4.69, 9.17) is 4.74 Å². The van der Waals surface area contributed by atoms with Gasteiger partial charge in [-0.2, -0.15) is 17.5 Å². The lowest BCUT2D eigenvalue weighted by molar-refractivity contribution is -0.137. The van der Waals surface area contributed by atoms with E-state index in [1.165, 1.54) is 16.4 Å². The van der Waals surface area contributed by atoms with E-state index in [1.807, 2.05) is 0 Å². The maximum Gasteiger partial charge on any atom is 0.416 e. The maximum absolute atomic E-state index is 13.0. The highest BCUT2D eigenvalue weighted by atomic mass is 32.2. The Kier molecular flexibility index (Phi) is 5.82. The third-order valence-corrected chi connectivity index (χ3v) is 8.29. The Hall–Kier alpha value is -2.24. The number of hydrogen-bond acceptors (Lipinski definition) is 6. The molecule has 0 radical (unpaired) electrons. The molecule has 5 rings (SSSR count). The van der Waals surface area contributed by atoms with Crippen LogP contribution in [0.5, 0.6) is 5.88 Å². The molecular weight excluding hydrogens is 457 g/mol. The Morgan fingerprint density at radius 1 is 1.09 bits per heavy atom. The fraction of sp³-hybridized carbons (Fsp3) is 0.545. The number of ether oxygens (including phenoxy) is 1. The highest BCUT2D eigenvalue weighted by molar-refractivity contribution is 7.88. The molecular formula is C22H25F3N4O3S. The van der Waals surface area contributed by atoms with Crippen molar-refractivity contribution >= 4 is 10.0 Å². The average Bonchev–Trinajstić information content (AvgIpc) is 3.53. The molecule has 7 nitrogen and oxygen atoms in total. The van der Waals surface area contributed by atoms with Gasteiger partial charge < -0.3 is 4.74 Å². The molecule has 1 aromatic heterocycles. The third-order valence-electron chi connectivity index (χ3n) is 6.47. The number of benzene rings is 1. The zero-order chi connectivity index (χ0) is 23.2. The van der Waals surface area contributed by atoms with E-state index < -0.39 is 27.5 Å². The SMILES string of the molecule is O=S(=O)(Cc1cccc(C(F)(F)F)c1)N1CCN2C[C@H](Oc3cnc(C4CC4)cn3)C[C@H]2C1. The van der Waals surface area contributed by atoms with Gasteiger partial charge in [-0.25, -0.2) is 13.4 Å². The maximum atomic E-state index is 13.0. The molecule has 0 N–H and O–H groups in total. The van der Waals surface area contributed by atoms with Crippen molar-refractivity contribution in [1.29, 1.82) is 0 Å². The van der Waals surface area contributed by atoms with Crippen molar-refractivity contribution in [2.45, 2.75) is 49.3 Å². The van der Waals surface area contributed by atoms with Crippen LogP contribution in [-0.2, 0) is 22.0 Å². The second-order valence-corrected chi connectivity index (χ2v) is 11.0. The minimum atomic E-state index is -4.51. The quantitative estimate of drug-likeness (QED) is 0.630. The van der Waals surface area contributed by atoms with Gasteiger partial charge in [-0.1, -0.05) is 18.2 Å². The first kappa shape index (κ1) is 22.5. The van der Waals surface area contributed by atoms with E-state index in [0.717, 1.165) is 30.7 Å². The summed E-state index contributed by atoms with van der Waals surface area (Å²) in [7, 11) is -3.74. The summed E-state index contributed by atoms with van der Waals surface area (Å²) in [5.74, 6) is 0.543. The standard InChI is InChI=1S/C22H25F3N4O3S/c23-22(24,25)17-3-1-2-15(8-17)14-33(30,31)29-7-6-28-13-19(9-18(28)12-29)32-21-11-26-20(10-27-21)16-4-5-16/h1-3,8,10-11,16,18-19H,4-7,9,12-14H2/t18-,19+/m0/s1. The van der Waals surface area contributed by atoms with Crippen LogP contribution in [0.1, 0.15) is 42.0 Å². The summed E-state index contributed by atoms with van der Waals surface area (Å²) >= 11 is 0. The molecule has 33 heavy (non-hydrogen) atoms. The first-order valence-electron chi connectivity index (χ1n) is 11.0. The molecule has 3 heterocycles. The fourth-order valence-electron chi connectivity index (χ4n) is 4.59. The van der Waals surface area contributed by atoms with E-state index in [0.29, 0.717) is 44.4 Å². The predicted octanol–water partition coefficient (Wildman–Crippen LogP) is 3.04. The number of halogens is 3. The molecule has 2 aliphatic heterocycles. The number of nitrogens with zero attached hydrogens (tertiary/aromatic N) is 4. The first-order valence-corrected chi connectivity index (χ1v) is 12.6. The number of rotatable bonds is 6. The Labute approximate surface area is 190 Å². The van der Waals surface area contributed by atoms with Gasteiger partial charge in [0, 0.05) is 44.6 Å². The summed E-state index contributed by atoms with van der Waals surface area (Å²) < 4.78 is 72.2. The van der Waals surface area contributed by atoms with Crippen molar-refractivity contribution in [3.8, 4) is 5.88 Å². The molecule has 3 aliphatic rings. The molecule has 11 heteroatoms. The zero-order valence-corrected chi connectivity index (χ0v) is 18.7. The van der Waals surface area contributed by atoms with Crippen LogP contribution in [0.25, 0.3) is 0 Å². The lowest BCUT2D eigenvalue weighted by Gasteiger charge is -2.36. The van der Waals surface area contributed by atoms with E-state index in [-0.39, 0.29) is 17.7 Å². The van der Waals surface area contributed by atoms with Crippen molar-refractivity contribution < 1.29 is 26.3 Å². The van der Waals surface area contributed by atoms with Gasteiger partial charge in [0.2, 0.25) is 15.9 Å². The van der Waals surface area contributed by atoms with Gasteiger partial charge in [0.15, 0.2) is 0 Å². The summed E-state index contributed by atoms with van der Waals surface area (Å²) in [6, 6.07) is 4.50. The summed E-state index contributed by atoms with van der Waals surface area (Å²) in [5.41, 5.74) is 0.282. The predicted molar refractivity (Wildman–Crippen MR) is 114 cm³/mol. The summed E-state index contributed by atoms with van der Waals surface area (Å²) in [6.45, 7) is 1.84. The molecule has 0 spiro atoms. The molecule has 2 saturated heterocycles. The number of aromatic nitrogens is 2. The highest BCUT2D eigenvalue weighted by Crippen LogP contribution is 2.38. The summed E-state index contributed by atoms with van der Waals surface area (Å²) in [4.78, 5) is 11.0.